The molecule has 0 spiro atoms. The molecule has 1 atom stereocenters. The molecule has 1 saturated heterocycles. The van der Waals surface area contributed by atoms with Crippen LogP contribution in [0.3, 0.4) is 0 Å². The van der Waals surface area contributed by atoms with E-state index in [0.717, 1.165) is 24.4 Å². The number of nitrogens with one attached hydrogen (secondary N) is 1. The van der Waals surface area contributed by atoms with E-state index in [1.165, 1.54) is 11.8 Å². The van der Waals surface area contributed by atoms with Gasteiger partial charge in [-0.1, -0.05) is 23.4 Å². The number of nitrogens with zero attached hydrogens (tertiary/aromatic N) is 1. The minimum Gasteiger partial charge on any atom is -0.355 e. The Morgan fingerprint density at radius 3 is 3.20 bits per heavy atom. The molecule has 15 heavy (non-hydrogen) atoms. The molecule has 0 aliphatic carbocycles. The van der Waals surface area contributed by atoms with Crippen LogP contribution in [-0.4, -0.2) is 22.7 Å². The van der Waals surface area contributed by atoms with Gasteiger partial charge in [0.25, 0.3) is 0 Å². The summed E-state index contributed by atoms with van der Waals surface area (Å²) < 4.78 is 0. The highest BCUT2D eigenvalue weighted by atomic mass is 35.5. The quantitative estimate of drug-likeness (QED) is 0.864. The third kappa shape index (κ3) is 2.63. The van der Waals surface area contributed by atoms with Crippen LogP contribution in [-0.2, 0) is 4.79 Å². The largest absolute Gasteiger partial charge is 0.355 e. The molecule has 3 nitrogen and oxygen atoms in total. The second kappa shape index (κ2) is 4.86. The van der Waals surface area contributed by atoms with Gasteiger partial charge in [0.05, 0.1) is 10.3 Å². The first kappa shape index (κ1) is 10.8. The smallest absolute Gasteiger partial charge is 0.233 e. The lowest BCUT2D eigenvalue weighted by molar-refractivity contribution is -0.121. The van der Waals surface area contributed by atoms with E-state index in [1.54, 1.807) is 18.3 Å². The molecule has 1 unspecified atom stereocenters. The predicted octanol–water partition coefficient (Wildman–Crippen LogP) is 2.11. The van der Waals surface area contributed by atoms with Crippen molar-refractivity contribution in [3.05, 3.63) is 23.4 Å². The lowest BCUT2D eigenvalue weighted by atomic mass is 10.1. The van der Waals surface area contributed by atoms with Gasteiger partial charge < -0.3 is 5.32 Å². The molecule has 1 fully saturated rings. The van der Waals surface area contributed by atoms with Gasteiger partial charge in [0, 0.05) is 12.7 Å². The first-order valence-electron chi connectivity index (χ1n) is 4.82. The molecular formula is C10H11ClN2OS. The third-order valence-corrected chi connectivity index (χ3v) is 3.91. The summed E-state index contributed by atoms with van der Waals surface area (Å²) in [5.74, 6) is 0.0907. The van der Waals surface area contributed by atoms with Crippen LogP contribution in [0.1, 0.15) is 12.8 Å². The van der Waals surface area contributed by atoms with Gasteiger partial charge in [-0.05, 0) is 25.0 Å². The van der Waals surface area contributed by atoms with E-state index in [2.05, 4.69) is 10.3 Å². The van der Waals surface area contributed by atoms with Crippen LogP contribution in [0.2, 0.25) is 5.02 Å². The molecule has 0 bridgehead atoms. The molecule has 2 rings (SSSR count). The zero-order chi connectivity index (χ0) is 10.7. The Balaban J connectivity index is 2.08. The molecule has 2 heterocycles. The van der Waals surface area contributed by atoms with Gasteiger partial charge in [0.15, 0.2) is 0 Å². The zero-order valence-electron chi connectivity index (χ0n) is 8.07. The van der Waals surface area contributed by atoms with Gasteiger partial charge in [-0.25, -0.2) is 4.98 Å². The summed E-state index contributed by atoms with van der Waals surface area (Å²) in [7, 11) is 0. The Bertz CT molecular complexity index is 372. The first-order valence-corrected chi connectivity index (χ1v) is 6.08. The minimum atomic E-state index is -0.0499. The highest BCUT2D eigenvalue weighted by Gasteiger charge is 2.24. The molecule has 1 aromatic rings. The van der Waals surface area contributed by atoms with Gasteiger partial charge in [-0.15, -0.1) is 0 Å². The van der Waals surface area contributed by atoms with Gasteiger partial charge in [0.1, 0.15) is 5.03 Å². The average Bonchev–Trinajstić information content (AvgIpc) is 2.24. The van der Waals surface area contributed by atoms with E-state index >= 15 is 0 Å². The Kier molecular flexibility index (Phi) is 3.49. The number of piperidine rings is 1. The van der Waals surface area contributed by atoms with E-state index in [1.807, 2.05) is 0 Å². The maximum absolute atomic E-state index is 11.5. The summed E-state index contributed by atoms with van der Waals surface area (Å²) >= 11 is 7.42. The van der Waals surface area contributed by atoms with E-state index < -0.39 is 0 Å². The molecule has 1 aliphatic rings. The number of halogens is 1. The van der Waals surface area contributed by atoms with Gasteiger partial charge in [-0.3, -0.25) is 4.79 Å². The molecule has 0 aromatic carbocycles. The predicted molar refractivity (Wildman–Crippen MR) is 61.1 cm³/mol. The van der Waals surface area contributed by atoms with E-state index in [4.69, 9.17) is 11.6 Å². The molecule has 1 N–H and O–H groups in total. The van der Waals surface area contributed by atoms with Crippen molar-refractivity contribution in [2.75, 3.05) is 6.54 Å². The SMILES string of the molecule is O=C1NCCCC1Sc1ncccc1Cl. The van der Waals surface area contributed by atoms with Crippen molar-refractivity contribution in [1.29, 1.82) is 0 Å². The van der Waals surface area contributed by atoms with Crippen LogP contribution < -0.4 is 5.32 Å². The Hall–Kier alpha value is -0.740. The minimum absolute atomic E-state index is 0.0499. The molecule has 1 aromatic heterocycles. The van der Waals surface area contributed by atoms with Crippen LogP contribution in [0.15, 0.2) is 23.4 Å². The van der Waals surface area contributed by atoms with Crippen molar-refractivity contribution >= 4 is 29.3 Å². The number of amides is 1. The standard InChI is InChI=1S/C10H11ClN2OS/c11-7-3-1-6-13-10(7)15-8-4-2-5-12-9(8)14/h1,3,6,8H,2,4-5H2,(H,12,14). The van der Waals surface area contributed by atoms with Crippen molar-refractivity contribution in [2.45, 2.75) is 23.1 Å². The van der Waals surface area contributed by atoms with Crippen molar-refractivity contribution in [2.24, 2.45) is 0 Å². The van der Waals surface area contributed by atoms with E-state index in [0.29, 0.717) is 5.02 Å². The molecule has 0 saturated carbocycles. The Labute approximate surface area is 97.6 Å². The molecule has 0 radical (unpaired) electrons. The number of carbonyl (C=O) groups is 1. The summed E-state index contributed by atoms with van der Waals surface area (Å²) in [5, 5.41) is 4.14. The average molecular weight is 243 g/mol. The van der Waals surface area contributed by atoms with Crippen LogP contribution in [0.5, 0.6) is 0 Å². The topological polar surface area (TPSA) is 42.0 Å². The van der Waals surface area contributed by atoms with Crippen LogP contribution >= 0.6 is 23.4 Å². The normalized spacial score (nSPS) is 21.1. The van der Waals surface area contributed by atoms with Gasteiger partial charge in [-0.2, -0.15) is 0 Å². The number of rotatable bonds is 2. The third-order valence-electron chi connectivity index (χ3n) is 2.21. The first-order chi connectivity index (χ1) is 7.27. The van der Waals surface area contributed by atoms with Crippen molar-refractivity contribution in [3.8, 4) is 0 Å². The number of carbonyl (C=O) groups excluding carboxylic acids is 1. The molecular weight excluding hydrogens is 232 g/mol. The second-order valence-corrected chi connectivity index (χ2v) is 4.93. The summed E-state index contributed by atoms with van der Waals surface area (Å²) in [6.07, 6.45) is 3.60. The molecule has 1 amide bonds. The van der Waals surface area contributed by atoms with Crippen molar-refractivity contribution in [1.82, 2.24) is 10.3 Å². The maximum atomic E-state index is 11.5. The van der Waals surface area contributed by atoms with Gasteiger partial charge in [0.2, 0.25) is 5.91 Å². The second-order valence-electron chi connectivity index (χ2n) is 3.33. The van der Waals surface area contributed by atoms with Crippen molar-refractivity contribution in [3.63, 3.8) is 0 Å². The lowest BCUT2D eigenvalue weighted by Gasteiger charge is -2.20. The summed E-state index contributed by atoms with van der Waals surface area (Å²) in [6.45, 7) is 0.784. The fourth-order valence-corrected chi connectivity index (χ4v) is 2.75. The number of thioether (sulfide) groups is 1. The van der Waals surface area contributed by atoms with Gasteiger partial charge >= 0.3 is 0 Å². The highest BCUT2D eigenvalue weighted by Crippen LogP contribution is 2.31. The fourth-order valence-electron chi connectivity index (χ4n) is 1.45. The summed E-state index contributed by atoms with van der Waals surface area (Å²) in [6, 6.07) is 3.57. The summed E-state index contributed by atoms with van der Waals surface area (Å²) in [5.41, 5.74) is 0. The Morgan fingerprint density at radius 2 is 2.47 bits per heavy atom. The lowest BCUT2D eigenvalue weighted by Crippen LogP contribution is -2.38. The molecule has 80 valence electrons. The van der Waals surface area contributed by atoms with E-state index in [9.17, 15) is 4.79 Å². The maximum Gasteiger partial charge on any atom is 0.233 e. The number of hydrogen-bond donors (Lipinski definition) is 1. The van der Waals surface area contributed by atoms with E-state index in [-0.39, 0.29) is 11.2 Å². The Morgan fingerprint density at radius 1 is 1.60 bits per heavy atom. The summed E-state index contributed by atoms with van der Waals surface area (Å²) in [4.78, 5) is 15.7. The van der Waals surface area contributed by atoms with Crippen LogP contribution in [0.25, 0.3) is 0 Å². The fraction of sp³-hybridized carbons (Fsp3) is 0.400. The number of hydrogen-bond acceptors (Lipinski definition) is 3. The van der Waals surface area contributed by atoms with Crippen molar-refractivity contribution < 1.29 is 4.79 Å². The number of pyridine rings is 1. The number of aromatic nitrogens is 1. The molecule has 1 aliphatic heterocycles. The van der Waals surface area contributed by atoms with Crippen LogP contribution in [0.4, 0.5) is 0 Å². The molecule has 5 heteroatoms. The monoisotopic (exact) mass is 242 g/mol. The highest BCUT2D eigenvalue weighted by molar-refractivity contribution is 8.00. The zero-order valence-corrected chi connectivity index (χ0v) is 9.64. The van der Waals surface area contributed by atoms with Crippen LogP contribution in [0, 0.1) is 0 Å².